The number of carboxylic acid groups (broad SMARTS) is 1. The first-order valence-electron chi connectivity index (χ1n) is 4.98. The van der Waals surface area contributed by atoms with E-state index in [-0.39, 0.29) is 5.56 Å². The van der Waals surface area contributed by atoms with Gasteiger partial charge in [0.25, 0.3) is 0 Å². The topological polar surface area (TPSA) is 62.2 Å². The molecule has 2 N–H and O–H groups in total. The second kappa shape index (κ2) is 5.25. The maximum atomic E-state index is 10.8. The molecular formula is C12H8Cl2N2O2. The Morgan fingerprint density at radius 1 is 1.28 bits per heavy atom. The number of aromatic nitrogens is 1. The van der Waals surface area contributed by atoms with Gasteiger partial charge in [-0.1, -0.05) is 29.3 Å². The number of nitrogens with one attached hydrogen (secondary N) is 1. The Morgan fingerprint density at radius 3 is 2.78 bits per heavy atom. The zero-order valence-electron chi connectivity index (χ0n) is 9.02. The minimum absolute atomic E-state index is 0.144. The van der Waals surface area contributed by atoms with Crippen LogP contribution in [0.1, 0.15) is 10.4 Å². The predicted molar refractivity (Wildman–Crippen MR) is 70.9 cm³/mol. The molecule has 0 amide bonds. The number of pyridine rings is 1. The van der Waals surface area contributed by atoms with E-state index in [0.29, 0.717) is 21.6 Å². The summed E-state index contributed by atoms with van der Waals surface area (Å²) in [7, 11) is 0. The fourth-order valence-corrected chi connectivity index (χ4v) is 1.72. The normalized spacial score (nSPS) is 10.1. The molecule has 1 heterocycles. The summed E-state index contributed by atoms with van der Waals surface area (Å²) in [4.78, 5) is 14.8. The summed E-state index contributed by atoms with van der Waals surface area (Å²) < 4.78 is 0. The summed E-state index contributed by atoms with van der Waals surface area (Å²) >= 11 is 11.9. The van der Waals surface area contributed by atoms with Crippen molar-refractivity contribution in [2.24, 2.45) is 0 Å². The number of carboxylic acids is 1. The van der Waals surface area contributed by atoms with E-state index >= 15 is 0 Å². The number of aromatic carboxylic acids is 1. The summed E-state index contributed by atoms with van der Waals surface area (Å²) in [5, 5.41) is 12.6. The molecule has 0 bridgehead atoms. The SMILES string of the molecule is O=C(O)c1ccnc(Nc2cccc(Cl)c2Cl)c1. The largest absolute Gasteiger partial charge is 0.478 e. The highest BCUT2D eigenvalue weighted by atomic mass is 35.5. The van der Waals surface area contributed by atoms with Gasteiger partial charge in [0.05, 0.1) is 21.3 Å². The van der Waals surface area contributed by atoms with Gasteiger partial charge in [-0.3, -0.25) is 0 Å². The highest BCUT2D eigenvalue weighted by molar-refractivity contribution is 6.43. The maximum Gasteiger partial charge on any atom is 0.335 e. The summed E-state index contributed by atoms with van der Waals surface area (Å²) in [6, 6.07) is 7.95. The fourth-order valence-electron chi connectivity index (χ4n) is 1.37. The number of hydrogen-bond acceptors (Lipinski definition) is 3. The summed E-state index contributed by atoms with van der Waals surface area (Å²) in [5.41, 5.74) is 0.713. The first kappa shape index (κ1) is 12.7. The van der Waals surface area contributed by atoms with E-state index in [4.69, 9.17) is 28.3 Å². The minimum atomic E-state index is -1.02. The first-order valence-corrected chi connectivity index (χ1v) is 5.74. The van der Waals surface area contributed by atoms with Crippen LogP contribution in [0.2, 0.25) is 10.0 Å². The minimum Gasteiger partial charge on any atom is -0.478 e. The van der Waals surface area contributed by atoms with Crippen molar-refractivity contribution in [2.75, 3.05) is 5.32 Å². The van der Waals surface area contributed by atoms with Crippen LogP contribution in [0.4, 0.5) is 11.5 Å². The highest BCUT2D eigenvalue weighted by Crippen LogP contribution is 2.31. The molecule has 4 nitrogen and oxygen atoms in total. The van der Waals surface area contributed by atoms with E-state index in [1.165, 1.54) is 18.3 Å². The molecule has 0 aliphatic rings. The Balaban J connectivity index is 2.31. The molecule has 0 saturated heterocycles. The summed E-state index contributed by atoms with van der Waals surface area (Å²) in [5.74, 6) is -0.628. The second-order valence-corrected chi connectivity index (χ2v) is 4.25. The number of carbonyl (C=O) groups is 1. The van der Waals surface area contributed by atoms with E-state index in [1.807, 2.05) is 0 Å². The molecule has 92 valence electrons. The molecule has 18 heavy (non-hydrogen) atoms. The number of anilines is 2. The zero-order chi connectivity index (χ0) is 13.1. The average Bonchev–Trinajstić information content (AvgIpc) is 2.35. The van der Waals surface area contributed by atoms with Gasteiger partial charge in [0.2, 0.25) is 0 Å². The summed E-state index contributed by atoms with van der Waals surface area (Å²) in [6.45, 7) is 0. The van der Waals surface area contributed by atoms with Crippen LogP contribution in [-0.4, -0.2) is 16.1 Å². The average molecular weight is 283 g/mol. The Kier molecular flexibility index (Phi) is 3.69. The van der Waals surface area contributed by atoms with Crippen LogP contribution in [0.25, 0.3) is 0 Å². The Morgan fingerprint density at radius 2 is 2.06 bits per heavy atom. The van der Waals surface area contributed by atoms with Crippen molar-refractivity contribution in [3.8, 4) is 0 Å². The lowest BCUT2D eigenvalue weighted by atomic mass is 10.2. The lowest BCUT2D eigenvalue weighted by molar-refractivity contribution is 0.0697. The quantitative estimate of drug-likeness (QED) is 0.898. The molecule has 0 spiro atoms. The second-order valence-electron chi connectivity index (χ2n) is 3.46. The molecular weight excluding hydrogens is 275 g/mol. The monoisotopic (exact) mass is 282 g/mol. The van der Waals surface area contributed by atoms with Gasteiger partial charge in [-0.05, 0) is 24.3 Å². The van der Waals surface area contributed by atoms with Crippen LogP contribution < -0.4 is 5.32 Å². The Labute approximate surface area is 113 Å². The van der Waals surface area contributed by atoms with Crippen LogP contribution in [0, 0.1) is 0 Å². The van der Waals surface area contributed by atoms with Crippen LogP contribution >= 0.6 is 23.2 Å². The number of rotatable bonds is 3. The van der Waals surface area contributed by atoms with E-state index in [1.54, 1.807) is 18.2 Å². The third-order valence-corrected chi connectivity index (χ3v) is 3.04. The van der Waals surface area contributed by atoms with Crippen molar-refractivity contribution in [1.29, 1.82) is 0 Å². The van der Waals surface area contributed by atoms with Crippen LogP contribution in [-0.2, 0) is 0 Å². The van der Waals surface area contributed by atoms with Gasteiger partial charge in [0.15, 0.2) is 0 Å². The third kappa shape index (κ3) is 2.72. The highest BCUT2D eigenvalue weighted by Gasteiger charge is 2.07. The molecule has 0 unspecified atom stereocenters. The van der Waals surface area contributed by atoms with Gasteiger partial charge < -0.3 is 10.4 Å². The van der Waals surface area contributed by atoms with Gasteiger partial charge in [-0.25, -0.2) is 9.78 Å². The van der Waals surface area contributed by atoms with Crippen molar-refractivity contribution in [3.05, 3.63) is 52.1 Å². The Bertz CT molecular complexity index is 602. The van der Waals surface area contributed by atoms with E-state index in [9.17, 15) is 4.79 Å². The molecule has 0 aliphatic heterocycles. The van der Waals surface area contributed by atoms with Crippen LogP contribution in [0.15, 0.2) is 36.5 Å². The predicted octanol–water partition coefficient (Wildman–Crippen LogP) is 3.83. The van der Waals surface area contributed by atoms with Crippen LogP contribution in [0.3, 0.4) is 0 Å². The number of hydrogen-bond donors (Lipinski definition) is 2. The van der Waals surface area contributed by atoms with Gasteiger partial charge in [0.1, 0.15) is 5.82 Å². The van der Waals surface area contributed by atoms with Crippen LogP contribution in [0.5, 0.6) is 0 Å². The van der Waals surface area contributed by atoms with E-state index in [2.05, 4.69) is 10.3 Å². The molecule has 2 rings (SSSR count). The van der Waals surface area contributed by atoms with Gasteiger partial charge in [-0.15, -0.1) is 0 Å². The van der Waals surface area contributed by atoms with E-state index in [0.717, 1.165) is 0 Å². The molecule has 0 aliphatic carbocycles. The van der Waals surface area contributed by atoms with Crippen molar-refractivity contribution >= 4 is 40.7 Å². The third-order valence-electron chi connectivity index (χ3n) is 2.22. The Hall–Kier alpha value is -1.78. The number of benzene rings is 1. The van der Waals surface area contributed by atoms with Crippen molar-refractivity contribution in [3.63, 3.8) is 0 Å². The molecule has 0 radical (unpaired) electrons. The number of halogens is 2. The van der Waals surface area contributed by atoms with Crippen molar-refractivity contribution < 1.29 is 9.90 Å². The van der Waals surface area contributed by atoms with Crippen molar-refractivity contribution in [1.82, 2.24) is 4.98 Å². The molecule has 1 aromatic carbocycles. The molecule has 2 aromatic rings. The fraction of sp³-hybridized carbons (Fsp3) is 0. The zero-order valence-corrected chi connectivity index (χ0v) is 10.5. The van der Waals surface area contributed by atoms with Gasteiger partial charge in [0, 0.05) is 6.20 Å². The lowest BCUT2D eigenvalue weighted by Crippen LogP contribution is -2.00. The number of nitrogens with zero attached hydrogens (tertiary/aromatic N) is 1. The molecule has 6 heteroatoms. The molecule has 0 saturated carbocycles. The van der Waals surface area contributed by atoms with Gasteiger partial charge >= 0.3 is 5.97 Å². The lowest BCUT2D eigenvalue weighted by Gasteiger charge is -2.08. The smallest absolute Gasteiger partial charge is 0.335 e. The molecule has 0 atom stereocenters. The maximum absolute atomic E-state index is 10.8. The molecule has 0 fully saturated rings. The molecule has 1 aromatic heterocycles. The standard InChI is InChI=1S/C12H8Cl2N2O2/c13-8-2-1-3-9(11(8)14)16-10-6-7(12(17)18)4-5-15-10/h1-6H,(H,15,16)(H,17,18). The van der Waals surface area contributed by atoms with Gasteiger partial charge in [-0.2, -0.15) is 0 Å². The first-order chi connectivity index (χ1) is 8.58. The summed E-state index contributed by atoms with van der Waals surface area (Å²) in [6.07, 6.45) is 1.41. The van der Waals surface area contributed by atoms with E-state index < -0.39 is 5.97 Å². The van der Waals surface area contributed by atoms with Crippen molar-refractivity contribution in [2.45, 2.75) is 0 Å².